The van der Waals surface area contributed by atoms with Crippen LogP contribution in [0, 0.1) is 5.92 Å². The van der Waals surface area contributed by atoms with Crippen LogP contribution < -0.4 is 10.6 Å². The van der Waals surface area contributed by atoms with E-state index in [4.69, 9.17) is 4.74 Å². The first kappa shape index (κ1) is 23.9. The van der Waals surface area contributed by atoms with Gasteiger partial charge in [-0.05, 0) is 51.2 Å². The molecule has 2 amide bonds. The maximum absolute atomic E-state index is 12.4. The minimum absolute atomic E-state index is 0.192. The summed E-state index contributed by atoms with van der Waals surface area (Å²) in [6.07, 6.45) is 2.70. The van der Waals surface area contributed by atoms with Gasteiger partial charge < -0.3 is 15.4 Å². The molecule has 0 spiro atoms. The number of amides is 2. The van der Waals surface area contributed by atoms with E-state index in [1.54, 1.807) is 24.3 Å². The molecule has 1 aliphatic heterocycles. The molecule has 2 rings (SSSR count). The van der Waals surface area contributed by atoms with Crippen LogP contribution in [-0.2, 0) is 4.74 Å². The zero-order chi connectivity index (χ0) is 21.9. The van der Waals surface area contributed by atoms with Gasteiger partial charge in [0.2, 0.25) is 0 Å². The number of nitrogens with zero attached hydrogens (tertiary/aromatic N) is 2. The monoisotopic (exact) mass is 416 g/mol. The van der Waals surface area contributed by atoms with Gasteiger partial charge in [-0.15, -0.1) is 0 Å². The van der Waals surface area contributed by atoms with Crippen molar-refractivity contribution in [1.29, 1.82) is 0 Å². The first-order valence-electron chi connectivity index (χ1n) is 11.1. The van der Waals surface area contributed by atoms with E-state index >= 15 is 0 Å². The number of benzene rings is 1. The lowest BCUT2D eigenvalue weighted by Gasteiger charge is -2.21. The molecule has 1 unspecified atom stereocenters. The highest BCUT2D eigenvalue weighted by Crippen LogP contribution is 2.22. The van der Waals surface area contributed by atoms with Gasteiger partial charge in [-0.25, -0.2) is 0 Å². The summed E-state index contributed by atoms with van der Waals surface area (Å²) in [5.41, 5.74) is 1.01. The van der Waals surface area contributed by atoms with Gasteiger partial charge in [0, 0.05) is 32.8 Å². The molecule has 0 fully saturated rings. The lowest BCUT2D eigenvalue weighted by molar-refractivity contribution is 0.0258. The van der Waals surface area contributed by atoms with Gasteiger partial charge in [0.05, 0.1) is 17.2 Å². The number of unbranched alkanes of at least 4 members (excludes halogenated alkanes) is 1. The van der Waals surface area contributed by atoms with Crippen LogP contribution >= 0.6 is 0 Å². The number of carbonyl (C=O) groups is 2. The van der Waals surface area contributed by atoms with E-state index in [1.165, 1.54) is 4.90 Å². The molecule has 166 valence electrons. The van der Waals surface area contributed by atoms with E-state index in [0.29, 0.717) is 30.1 Å². The molecular formula is C23H36N4O3. The molecule has 1 atom stereocenters. The Bertz CT molecular complexity index is 698. The van der Waals surface area contributed by atoms with Crippen LogP contribution in [0.3, 0.4) is 0 Å². The van der Waals surface area contributed by atoms with E-state index in [0.717, 1.165) is 44.9 Å². The standard InChI is InChI=1S/C23H36N4O3/c1-5-24-23(26-15-13-20(17(3)4)30-6-2)25-14-9-10-16-27-21(28)18-11-7-8-12-19(18)22(27)29/h7-8,11-12,17,20H,5-6,9-10,13-16H2,1-4H3,(H2,24,25,26). The maximum Gasteiger partial charge on any atom is 0.261 e. The Morgan fingerprint density at radius 2 is 1.73 bits per heavy atom. The second-order valence-corrected chi connectivity index (χ2v) is 7.73. The number of fused-ring (bicyclic) bond motifs is 1. The number of nitrogens with one attached hydrogen (secondary N) is 2. The third-order valence-corrected chi connectivity index (χ3v) is 5.13. The normalized spacial score (nSPS) is 15.0. The van der Waals surface area contributed by atoms with Crippen LogP contribution in [-0.4, -0.2) is 61.6 Å². The Balaban J connectivity index is 1.74. The van der Waals surface area contributed by atoms with Gasteiger partial charge in [-0.2, -0.15) is 0 Å². The average Bonchev–Trinajstić information content (AvgIpc) is 2.97. The lowest BCUT2D eigenvalue weighted by atomic mass is 10.0. The van der Waals surface area contributed by atoms with Gasteiger partial charge in [-0.1, -0.05) is 26.0 Å². The molecule has 0 radical (unpaired) electrons. The fraction of sp³-hybridized carbons (Fsp3) is 0.609. The van der Waals surface area contributed by atoms with Crippen molar-refractivity contribution in [3.05, 3.63) is 35.4 Å². The van der Waals surface area contributed by atoms with Crippen molar-refractivity contribution in [3.63, 3.8) is 0 Å². The van der Waals surface area contributed by atoms with Gasteiger partial charge in [-0.3, -0.25) is 19.5 Å². The minimum atomic E-state index is -0.192. The summed E-state index contributed by atoms with van der Waals surface area (Å²) in [5.74, 6) is 0.886. The largest absolute Gasteiger partial charge is 0.378 e. The highest BCUT2D eigenvalue weighted by atomic mass is 16.5. The summed E-state index contributed by atoms with van der Waals surface area (Å²) in [6.45, 7) is 11.8. The van der Waals surface area contributed by atoms with E-state index in [2.05, 4.69) is 29.5 Å². The first-order valence-corrected chi connectivity index (χ1v) is 11.1. The van der Waals surface area contributed by atoms with Crippen molar-refractivity contribution in [2.75, 3.05) is 32.8 Å². The molecule has 7 heteroatoms. The average molecular weight is 417 g/mol. The van der Waals surface area contributed by atoms with Gasteiger partial charge in [0.1, 0.15) is 0 Å². The third kappa shape index (κ3) is 6.55. The number of hydrogen-bond acceptors (Lipinski definition) is 4. The molecule has 0 saturated carbocycles. The molecule has 7 nitrogen and oxygen atoms in total. The highest BCUT2D eigenvalue weighted by Gasteiger charge is 2.34. The van der Waals surface area contributed by atoms with Gasteiger partial charge in [0.15, 0.2) is 5.96 Å². The number of guanidine groups is 1. The highest BCUT2D eigenvalue weighted by molar-refractivity contribution is 6.21. The van der Waals surface area contributed by atoms with Crippen LogP contribution in [0.15, 0.2) is 29.3 Å². The molecule has 0 aromatic heterocycles. The van der Waals surface area contributed by atoms with Crippen LogP contribution in [0.4, 0.5) is 0 Å². The summed E-state index contributed by atoms with van der Waals surface area (Å²) in [6, 6.07) is 7.00. The summed E-state index contributed by atoms with van der Waals surface area (Å²) in [5, 5.41) is 6.62. The van der Waals surface area contributed by atoms with Crippen molar-refractivity contribution >= 4 is 17.8 Å². The number of rotatable bonds is 12. The second-order valence-electron chi connectivity index (χ2n) is 7.73. The summed E-state index contributed by atoms with van der Waals surface area (Å²) in [7, 11) is 0. The van der Waals surface area contributed by atoms with Crippen molar-refractivity contribution in [1.82, 2.24) is 15.5 Å². The number of carbonyl (C=O) groups excluding carboxylic acids is 2. The summed E-state index contributed by atoms with van der Waals surface area (Å²) >= 11 is 0. The number of aliphatic imine (C=N–C) groups is 1. The molecule has 1 heterocycles. The predicted molar refractivity (Wildman–Crippen MR) is 120 cm³/mol. The third-order valence-electron chi connectivity index (χ3n) is 5.13. The molecule has 0 saturated heterocycles. The Morgan fingerprint density at radius 1 is 1.07 bits per heavy atom. The summed E-state index contributed by atoms with van der Waals surface area (Å²) < 4.78 is 5.79. The molecular weight excluding hydrogens is 380 g/mol. The number of hydrogen-bond donors (Lipinski definition) is 2. The Labute approximate surface area is 180 Å². The Morgan fingerprint density at radius 3 is 2.30 bits per heavy atom. The maximum atomic E-state index is 12.4. The molecule has 2 N–H and O–H groups in total. The van der Waals surface area contributed by atoms with E-state index in [1.807, 2.05) is 13.8 Å². The van der Waals surface area contributed by atoms with Gasteiger partial charge in [0.25, 0.3) is 11.8 Å². The molecule has 0 bridgehead atoms. The van der Waals surface area contributed by atoms with Crippen LogP contribution in [0.25, 0.3) is 0 Å². The van der Waals surface area contributed by atoms with Crippen LogP contribution in [0.2, 0.25) is 0 Å². The second kappa shape index (κ2) is 12.3. The molecule has 1 aliphatic rings. The zero-order valence-electron chi connectivity index (χ0n) is 18.7. The fourth-order valence-corrected chi connectivity index (χ4v) is 3.51. The quantitative estimate of drug-likeness (QED) is 0.237. The molecule has 0 aliphatic carbocycles. The number of ether oxygens (including phenoxy) is 1. The Kier molecular flexibility index (Phi) is 9.80. The van der Waals surface area contributed by atoms with Crippen molar-refractivity contribution in [3.8, 4) is 0 Å². The zero-order valence-corrected chi connectivity index (χ0v) is 18.7. The van der Waals surface area contributed by atoms with Crippen molar-refractivity contribution < 1.29 is 14.3 Å². The smallest absolute Gasteiger partial charge is 0.261 e. The van der Waals surface area contributed by atoms with Crippen LogP contribution in [0.5, 0.6) is 0 Å². The first-order chi connectivity index (χ1) is 14.5. The molecule has 1 aromatic rings. The van der Waals surface area contributed by atoms with Gasteiger partial charge >= 0.3 is 0 Å². The Hall–Kier alpha value is -2.41. The SMILES string of the molecule is CCNC(=NCCCCN1C(=O)c2ccccc2C1=O)NCCC(OCC)C(C)C. The van der Waals surface area contributed by atoms with Crippen molar-refractivity contribution in [2.24, 2.45) is 10.9 Å². The summed E-state index contributed by atoms with van der Waals surface area (Å²) in [4.78, 5) is 30.7. The van der Waals surface area contributed by atoms with E-state index in [-0.39, 0.29) is 17.9 Å². The lowest BCUT2D eigenvalue weighted by Crippen LogP contribution is -2.39. The topological polar surface area (TPSA) is 83.0 Å². The molecule has 30 heavy (non-hydrogen) atoms. The van der Waals surface area contributed by atoms with Crippen molar-refractivity contribution in [2.45, 2.75) is 53.1 Å². The van der Waals surface area contributed by atoms with E-state index < -0.39 is 0 Å². The molecule has 1 aromatic carbocycles. The fourth-order valence-electron chi connectivity index (χ4n) is 3.51. The minimum Gasteiger partial charge on any atom is -0.378 e. The van der Waals surface area contributed by atoms with E-state index in [9.17, 15) is 9.59 Å². The predicted octanol–water partition coefficient (Wildman–Crippen LogP) is 3.07. The van der Waals surface area contributed by atoms with Crippen LogP contribution in [0.1, 0.15) is 67.7 Å². The number of imide groups is 1.